The summed E-state index contributed by atoms with van der Waals surface area (Å²) in [7, 11) is 1.73. The molecule has 0 aliphatic carbocycles. The van der Waals surface area contributed by atoms with E-state index in [0.717, 1.165) is 6.42 Å². The molecular weight excluding hydrogens is 261 g/mol. The lowest BCUT2D eigenvalue weighted by Crippen LogP contribution is -2.15. The number of nitrogens with one attached hydrogen (secondary N) is 2. The molecule has 2 N–H and O–H groups in total. The van der Waals surface area contributed by atoms with Crippen molar-refractivity contribution in [3.05, 3.63) is 36.0 Å². The molecule has 0 bridgehead atoms. The molecule has 2 aromatic rings. The molecule has 0 aliphatic rings. The first kappa shape index (κ1) is 14.0. The first-order chi connectivity index (χ1) is 9.61. The smallest absolute Gasteiger partial charge is 0.258 e. The molecule has 1 amide bonds. The summed E-state index contributed by atoms with van der Waals surface area (Å²) >= 11 is 0. The van der Waals surface area contributed by atoms with Crippen LogP contribution in [0.5, 0.6) is 0 Å². The molecule has 20 heavy (non-hydrogen) atoms. The van der Waals surface area contributed by atoms with Gasteiger partial charge in [0, 0.05) is 26.0 Å². The molecule has 0 spiro atoms. The van der Waals surface area contributed by atoms with Crippen molar-refractivity contribution in [1.29, 1.82) is 0 Å². The van der Waals surface area contributed by atoms with Gasteiger partial charge < -0.3 is 10.6 Å². The number of hydrogen-bond acceptors (Lipinski definition) is 4. The maximum absolute atomic E-state index is 14.1. The number of carbonyl (C=O) groups is 1. The largest absolute Gasteiger partial charge is 0.368 e. The van der Waals surface area contributed by atoms with E-state index in [-0.39, 0.29) is 11.4 Å². The quantitative estimate of drug-likeness (QED) is 0.877. The number of amides is 1. The molecule has 0 saturated heterocycles. The lowest BCUT2D eigenvalue weighted by atomic mass is 10.2. The number of rotatable bonds is 5. The van der Waals surface area contributed by atoms with Crippen molar-refractivity contribution in [1.82, 2.24) is 14.8 Å². The van der Waals surface area contributed by atoms with E-state index < -0.39 is 11.7 Å². The predicted octanol–water partition coefficient (Wildman–Crippen LogP) is 2.03. The van der Waals surface area contributed by atoms with Gasteiger partial charge in [0.2, 0.25) is 0 Å². The van der Waals surface area contributed by atoms with E-state index >= 15 is 0 Å². The van der Waals surface area contributed by atoms with Crippen LogP contribution < -0.4 is 10.6 Å². The highest BCUT2D eigenvalue weighted by Crippen LogP contribution is 2.16. The van der Waals surface area contributed by atoms with Crippen molar-refractivity contribution >= 4 is 17.4 Å². The van der Waals surface area contributed by atoms with Crippen molar-refractivity contribution in [3.8, 4) is 0 Å². The second kappa shape index (κ2) is 6.14. The number of anilines is 2. The van der Waals surface area contributed by atoms with Crippen LogP contribution in [0.2, 0.25) is 0 Å². The highest BCUT2D eigenvalue weighted by molar-refractivity contribution is 6.04. The molecule has 0 aromatic carbocycles. The van der Waals surface area contributed by atoms with E-state index in [1.165, 1.54) is 18.5 Å². The van der Waals surface area contributed by atoms with Gasteiger partial charge in [0.1, 0.15) is 0 Å². The number of aromatic nitrogens is 3. The number of aryl methyl sites for hydroxylation is 1. The Labute approximate surface area is 116 Å². The van der Waals surface area contributed by atoms with Crippen LogP contribution in [0.4, 0.5) is 15.9 Å². The summed E-state index contributed by atoms with van der Waals surface area (Å²) in [5.74, 6) is -1.09. The van der Waals surface area contributed by atoms with Crippen LogP contribution in [0.25, 0.3) is 0 Å². The van der Waals surface area contributed by atoms with Crippen LogP contribution in [0.3, 0.4) is 0 Å². The van der Waals surface area contributed by atoms with E-state index in [0.29, 0.717) is 12.2 Å². The molecule has 2 heterocycles. The van der Waals surface area contributed by atoms with E-state index in [4.69, 9.17) is 0 Å². The lowest BCUT2D eigenvalue weighted by Gasteiger charge is -2.08. The van der Waals surface area contributed by atoms with Gasteiger partial charge in [0.25, 0.3) is 5.91 Å². The zero-order valence-corrected chi connectivity index (χ0v) is 11.4. The Morgan fingerprint density at radius 3 is 2.95 bits per heavy atom. The van der Waals surface area contributed by atoms with Crippen LogP contribution in [-0.2, 0) is 7.05 Å². The molecular formula is C13H16FN5O. The monoisotopic (exact) mass is 277 g/mol. The number of hydrogen-bond donors (Lipinski definition) is 2. The Hall–Kier alpha value is -2.44. The van der Waals surface area contributed by atoms with Crippen LogP contribution >= 0.6 is 0 Å². The zero-order chi connectivity index (χ0) is 14.5. The third kappa shape index (κ3) is 3.11. The standard InChI is InChI=1S/C13H16FN5O/c1-3-5-15-12-11(14)10(4-6-16-12)13(20)18-9-7-17-19(2)8-9/h4,6-8H,3,5H2,1-2H3,(H,15,16)(H,18,20). The number of carbonyl (C=O) groups excluding carboxylic acids is 1. The molecule has 0 atom stereocenters. The minimum Gasteiger partial charge on any atom is -0.368 e. The van der Waals surface area contributed by atoms with Gasteiger partial charge in [0.15, 0.2) is 11.6 Å². The zero-order valence-electron chi connectivity index (χ0n) is 11.4. The Morgan fingerprint density at radius 1 is 1.50 bits per heavy atom. The Kier molecular flexibility index (Phi) is 4.29. The maximum atomic E-state index is 14.1. The van der Waals surface area contributed by atoms with Crippen LogP contribution in [0, 0.1) is 5.82 Å². The van der Waals surface area contributed by atoms with Gasteiger partial charge in [-0.25, -0.2) is 9.37 Å². The fraction of sp³-hybridized carbons (Fsp3) is 0.308. The summed E-state index contributed by atoms with van der Waals surface area (Å²) in [6, 6.07) is 1.35. The summed E-state index contributed by atoms with van der Waals surface area (Å²) in [4.78, 5) is 15.9. The van der Waals surface area contributed by atoms with Crippen LogP contribution in [0.15, 0.2) is 24.7 Å². The van der Waals surface area contributed by atoms with Gasteiger partial charge in [-0.2, -0.15) is 5.10 Å². The fourth-order valence-electron chi connectivity index (χ4n) is 1.67. The van der Waals surface area contributed by atoms with E-state index in [2.05, 4.69) is 20.7 Å². The third-order valence-electron chi connectivity index (χ3n) is 2.64. The van der Waals surface area contributed by atoms with Gasteiger partial charge in [-0.3, -0.25) is 9.48 Å². The van der Waals surface area contributed by atoms with Gasteiger partial charge in [-0.1, -0.05) is 6.92 Å². The lowest BCUT2D eigenvalue weighted by molar-refractivity contribution is 0.102. The van der Waals surface area contributed by atoms with Crippen molar-refractivity contribution in [2.75, 3.05) is 17.2 Å². The molecule has 0 aliphatic heterocycles. The van der Waals surface area contributed by atoms with Gasteiger partial charge >= 0.3 is 0 Å². The fourth-order valence-corrected chi connectivity index (χ4v) is 1.67. The van der Waals surface area contributed by atoms with Crippen molar-refractivity contribution < 1.29 is 9.18 Å². The van der Waals surface area contributed by atoms with Crippen molar-refractivity contribution in [2.45, 2.75) is 13.3 Å². The highest BCUT2D eigenvalue weighted by Gasteiger charge is 2.16. The first-order valence-corrected chi connectivity index (χ1v) is 6.30. The summed E-state index contributed by atoms with van der Waals surface area (Å²) in [6.07, 6.45) is 5.37. The molecule has 7 heteroatoms. The average molecular weight is 277 g/mol. The predicted molar refractivity (Wildman–Crippen MR) is 74.1 cm³/mol. The molecule has 0 unspecified atom stereocenters. The highest BCUT2D eigenvalue weighted by atomic mass is 19.1. The summed E-state index contributed by atoms with van der Waals surface area (Å²) in [5, 5.41) is 9.36. The SMILES string of the molecule is CCCNc1nccc(C(=O)Nc2cnn(C)c2)c1F. The number of pyridine rings is 1. The second-order valence-electron chi connectivity index (χ2n) is 4.30. The van der Waals surface area contributed by atoms with Crippen molar-refractivity contribution in [3.63, 3.8) is 0 Å². The van der Waals surface area contributed by atoms with E-state index in [9.17, 15) is 9.18 Å². The van der Waals surface area contributed by atoms with Crippen LogP contribution in [0.1, 0.15) is 23.7 Å². The molecule has 106 valence electrons. The minimum absolute atomic E-state index is 0.0533. The normalized spacial score (nSPS) is 10.3. The van der Waals surface area contributed by atoms with Crippen molar-refractivity contribution in [2.24, 2.45) is 7.05 Å². The Bertz CT molecular complexity index is 611. The first-order valence-electron chi connectivity index (χ1n) is 6.30. The molecule has 0 fully saturated rings. The molecule has 0 radical (unpaired) electrons. The minimum atomic E-state index is -0.651. The molecule has 2 aromatic heterocycles. The number of nitrogens with zero attached hydrogens (tertiary/aromatic N) is 3. The molecule has 6 nitrogen and oxygen atoms in total. The van der Waals surface area contributed by atoms with E-state index in [1.807, 2.05) is 6.92 Å². The summed E-state index contributed by atoms with van der Waals surface area (Å²) in [5.41, 5.74) is 0.458. The summed E-state index contributed by atoms with van der Waals surface area (Å²) in [6.45, 7) is 2.56. The third-order valence-corrected chi connectivity index (χ3v) is 2.64. The van der Waals surface area contributed by atoms with Gasteiger partial charge in [-0.05, 0) is 12.5 Å². The van der Waals surface area contributed by atoms with Gasteiger partial charge in [-0.15, -0.1) is 0 Å². The average Bonchev–Trinajstić information content (AvgIpc) is 2.83. The van der Waals surface area contributed by atoms with Crippen LogP contribution in [-0.4, -0.2) is 27.2 Å². The topological polar surface area (TPSA) is 71.8 Å². The van der Waals surface area contributed by atoms with Gasteiger partial charge in [0.05, 0.1) is 17.4 Å². The Balaban J connectivity index is 2.17. The number of halogens is 1. The van der Waals surface area contributed by atoms with E-state index in [1.54, 1.807) is 17.9 Å². The maximum Gasteiger partial charge on any atom is 0.258 e. The Morgan fingerprint density at radius 2 is 2.30 bits per heavy atom. The molecule has 0 saturated carbocycles. The second-order valence-corrected chi connectivity index (χ2v) is 4.30. The molecule has 2 rings (SSSR count). The summed E-state index contributed by atoms with van der Waals surface area (Å²) < 4.78 is 15.7.